The topological polar surface area (TPSA) is 100 Å². The zero-order valence-electron chi connectivity index (χ0n) is 31.3. The van der Waals surface area contributed by atoms with Crippen LogP contribution in [0.4, 0.5) is 0 Å². The molecule has 1 unspecified atom stereocenters. The van der Waals surface area contributed by atoms with Crippen LogP contribution < -0.4 is 5.73 Å². The summed E-state index contributed by atoms with van der Waals surface area (Å²) in [6.45, 7) is 5.54. The Morgan fingerprint density at radius 2 is 0.957 bits per heavy atom. The Bertz CT molecular complexity index is 680. The van der Waals surface area contributed by atoms with E-state index in [1.54, 1.807) is 6.26 Å². The summed E-state index contributed by atoms with van der Waals surface area (Å²) in [5, 5.41) is 0. The van der Waals surface area contributed by atoms with Crippen molar-refractivity contribution in [3.05, 3.63) is 12.3 Å². The highest BCUT2D eigenvalue weighted by molar-refractivity contribution is 7.47. The van der Waals surface area contributed by atoms with Crippen LogP contribution in [-0.2, 0) is 23.1 Å². The number of phosphoric acid groups is 1. The average molecular weight is 690 g/mol. The van der Waals surface area contributed by atoms with Gasteiger partial charge in [0.25, 0.3) is 0 Å². The van der Waals surface area contributed by atoms with Gasteiger partial charge in [-0.2, -0.15) is 0 Å². The van der Waals surface area contributed by atoms with Crippen molar-refractivity contribution >= 4 is 7.82 Å². The van der Waals surface area contributed by atoms with Gasteiger partial charge in [0.15, 0.2) is 0 Å². The minimum atomic E-state index is -4.16. The molecule has 0 saturated heterocycles. The SMILES string of the molecule is CCCCCCCCCCCCCCCCC=CO[C@H](COCCCCCCCCCCCCCCCC)COP(=O)(O)OCCN. The van der Waals surface area contributed by atoms with Gasteiger partial charge in [-0.25, -0.2) is 4.57 Å². The molecule has 0 spiro atoms. The van der Waals surface area contributed by atoms with Crippen LogP contribution in [0.3, 0.4) is 0 Å². The molecule has 0 heterocycles. The highest BCUT2D eigenvalue weighted by atomic mass is 31.2. The molecule has 0 rings (SSSR count). The molecule has 0 aromatic rings. The fourth-order valence-corrected chi connectivity index (χ4v) is 6.58. The maximum atomic E-state index is 12.1. The smallest absolute Gasteiger partial charge is 0.472 e. The van der Waals surface area contributed by atoms with Gasteiger partial charge in [-0.05, 0) is 25.3 Å². The predicted molar refractivity (Wildman–Crippen MR) is 201 cm³/mol. The largest absolute Gasteiger partial charge is 0.494 e. The molecule has 2 atom stereocenters. The summed E-state index contributed by atoms with van der Waals surface area (Å²) in [6, 6.07) is 0. The quantitative estimate of drug-likeness (QED) is 0.0375. The third-order valence-corrected chi connectivity index (χ3v) is 9.82. The van der Waals surface area contributed by atoms with Crippen LogP contribution in [0, 0.1) is 0 Å². The zero-order chi connectivity index (χ0) is 34.4. The lowest BCUT2D eigenvalue weighted by Gasteiger charge is -2.19. The minimum absolute atomic E-state index is 0.0337. The van der Waals surface area contributed by atoms with Crippen LogP contribution in [0.5, 0.6) is 0 Å². The summed E-state index contributed by atoms with van der Waals surface area (Å²) in [5.41, 5.74) is 5.38. The summed E-state index contributed by atoms with van der Waals surface area (Å²) >= 11 is 0. The third-order valence-electron chi connectivity index (χ3n) is 8.83. The lowest BCUT2D eigenvalue weighted by Crippen LogP contribution is -2.24. The summed E-state index contributed by atoms with van der Waals surface area (Å²) < 4.78 is 33.8. The van der Waals surface area contributed by atoms with Gasteiger partial charge in [-0.1, -0.05) is 181 Å². The van der Waals surface area contributed by atoms with E-state index in [1.165, 1.54) is 161 Å². The van der Waals surface area contributed by atoms with Gasteiger partial charge in [0, 0.05) is 13.2 Å². The van der Waals surface area contributed by atoms with Crippen molar-refractivity contribution in [1.29, 1.82) is 0 Å². The van der Waals surface area contributed by atoms with Crippen molar-refractivity contribution in [2.75, 3.05) is 33.0 Å². The molecule has 7 nitrogen and oxygen atoms in total. The van der Waals surface area contributed by atoms with Crippen LogP contribution in [0.2, 0.25) is 0 Å². The monoisotopic (exact) mass is 690 g/mol. The number of hydrogen-bond donors (Lipinski definition) is 2. The molecule has 0 fully saturated rings. The van der Waals surface area contributed by atoms with Gasteiger partial charge < -0.3 is 20.1 Å². The van der Waals surface area contributed by atoms with Crippen molar-refractivity contribution in [2.24, 2.45) is 5.73 Å². The Balaban J connectivity index is 3.95. The van der Waals surface area contributed by atoms with Gasteiger partial charge in [0.1, 0.15) is 6.10 Å². The zero-order valence-corrected chi connectivity index (χ0v) is 32.2. The maximum Gasteiger partial charge on any atom is 0.472 e. The molecule has 0 aliphatic heterocycles. The molecule has 8 heteroatoms. The molecule has 282 valence electrons. The van der Waals surface area contributed by atoms with Crippen molar-refractivity contribution in [3.8, 4) is 0 Å². The first-order valence-electron chi connectivity index (χ1n) is 20.3. The number of rotatable bonds is 40. The van der Waals surface area contributed by atoms with E-state index < -0.39 is 13.9 Å². The van der Waals surface area contributed by atoms with Crippen molar-refractivity contribution < 1.29 is 28.0 Å². The normalized spacial score (nSPS) is 13.8. The standard InChI is InChI=1S/C39H80NO6P/c1-3-5-7-9-11-13-15-17-19-20-22-24-26-28-30-32-35-44-39(38-46-47(41,42)45-36-33-40)37-43-34-31-29-27-25-23-21-18-16-14-12-10-8-6-4-2/h32,35,39H,3-31,33-34,36-38,40H2,1-2H3,(H,41,42)/t39-/m1/s1. The fraction of sp³-hybridized carbons (Fsp3) is 0.949. The minimum Gasteiger partial charge on any atom is -0.494 e. The second kappa shape index (κ2) is 38.4. The summed E-state index contributed by atoms with van der Waals surface area (Å²) in [6.07, 6.45) is 41.7. The average Bonchev–Trinajstić information content (AvgIpc) is 3.07. The Morgan fingerprint density at radius 1 is 0.553 bits per heavy atom. The molecule has 0 aromatic carbocycles. The maximum absolute atomic E-state index is 12.1. The second-order valence-corrected chi connectivity index (χ2v) is 15.0. The van der Waals surface area contributed by atoms with E-state index in [2.05, 4.69) is 13.8 Å². The molecule has 0 amide bonds. The van der Waals surface area contributed by atoms with Gasteiger partial charge >= 0.3 is 7.82 Å². The molecule has 3 N–H and O–H groups in total. The van der Waals surface area contributed by atoms with E-state index >= 15 is 0 Å². The molecule has 0 aromatic heterocycles. The molecular formula is C39H80NO6P. The van der Waals surface area contributed by atoms with Crippen LogP contribution >= 0.6 is 7.82 Å². The number of allylic oxidation sites excluding steroid dienone is 1. The van der Waals surface area contributed by atoms with E-state index in [0.717, 1.165) is 25.7 Å². The first kappa shape index (κ1) is 46.6. The molecule has 47 heavy (non-hydrogen) atoms. The van der Waals surface area contributed by atoms with Crippen molar-refractivity contribution in [3.63, 3.8) is 0 Å². The number of unbranched alkanes of at least 4 members (excludes halogenated alkanes) is 27. The van der Waals surface area contributed by atoms with E-state index in [-0.39, 0.29) is 19.8 Å². The fourth-order valence-electron chi connectivity index (χ4n) is 5.81. The summed E-state index contributed by atoms with van der Waals surface area (Å²) in [4.78, 5) is 9.87. The second-order valence-electron chi connectivity index (χ2n) is 13.6. The van der Waals surface area contributed by atoms with E-state index in [0.29, 0.717) is 13.2 Å². The van der Waals surface area contributed by atoms with Gasteiger partial charge in [-0.15, -0.1) is 0 Å². The first-order valence-corrected chi connectivity index (χ1v) is 21.7. The van der Waals surface area contributed by atoms with Crippen LogP contribution in [0.15, 0.2) is 12.3 Å². The lowest BCUT2D eigenvalue weighted by atomic mass is 10.0. The van der Waals surface area contributed by atoms with E-state index in [9.17, 15) is 9.46 Å². The number of nitrogens with two attached hydrogens (primary N) is 1. The molecule has 0 bridgehead atoms. The first-order chi connectivity index (χ1) is 23.1. The molecule has 0 saturated carbocycles. The van der Waals surface area contributed by atoms with E-state index in [4.69, 9.17) is 24.3 Å². The van der Waals surface area contributed by atoms with E-state index in [1.807, 2.05) is 6.08 Å². The number of hydrogen-bond acceptors (Lipinski definition) is 6. The van der Waals surface area contributed by atoms with Crippen molar-refractivity contribution in [1.82, 2.24) is 0 Å². The molecule has 0 aliphatic rings. The predicted octanol–water partition coefficient (Wildman–Crippen LogP) is 12.3. The van der Waals surface area contributed by atoms with Crippen LogP contribution in [0.1, 0.15) is 200 Å². The Hall–Kier alpha value is -0.430. The van der Waals surface area contributed by atoms with Crippen LogP contribution in [0.25, 0.3) is 0 Å². The van der Waals surface area contributed by atoms with Gasteiger partial charge in [-0.3, -0.25) is 9.05 Å². The number of ether oxygens (including phenoxy) is 2. The highest BCUT2D eigenvalue weighted by Crippen LogP contribution is 2.43. The lowest BCUT2D eigenvalue weighted by molar-refractivity contribution is -0.00586. The molecule has 0 aliphatic carbocycles. The van der Waals surface area contributed by atoms with Gasteiger partial charge in [0.2, 0.25) is 0 Å². The Labute approximate surface area is 292 Å². The third kappa shape index (κ3) is 38.2. The molecular weight excluding hydrogens is 609 g/mol. The summed E-state index contributed by atoms with van der Waals surface area (Å²) in [5.74, 6) is 0. The number of phosphoric ester groups is 1. The van der Waals surface area contributed by atoms with Gasteiger partial charge in [0.05, 0.1) is 26.1 Å². The Morgan fingerprint density at radius 3 is 1.38 bits per heavy atom. The summed E-state index contributed by atoms with van der Waals surface area (Å²) in [7, 11) is -4.16. The molecule has 0 radical (unpaired) electrons. The van der Waals surface area contributed by atoms with Crippen molar-refractivity contribution in [2.45, 2.75) is 206 Å². The highest BCUT2D eigenvalue weighted by Gasteiger charge is 2.23. The Kier molecular flexibility index (Phi) is 38.0. The van der Waals surface area contributed by atoms with Crippen LogP contribution in [-0.4, -0.2) is 44.0 Å².